The molecule has 0 fully saturated rings. The van der Waals surface area contributed by atoms with Crippen LogP contribution >= 0.6 is 11.3 Å². The molecule has 1 aliphatic rings. The van der Waals surface area contributed by atoms with Crippen molar-refractivity contribution in [2.45, 2.75) is 12.3 Å². The van der Waals surface area contributed by atoms with Gasteiger partial charge in [0.15, 0.2) is 0 Å². The van der Waals surface area contributed by atoms with E-state index >= 15 is 0 Å². The summed E-state index contributed by atoms with van der Waals surface area (Å²) < 4.78 is 15.0. The lowest BCUT2D eigenvalue weighted by molar-refractivity contribution is -0.116. The Morgan fingerprint density at radius 1 is 1.36 bits per heavy atom. The number of halogens is 1. The van der Waals surface area contributed by atoms with Gasteiger partial charge in [-0.25, -0.2) is 9.07 Å². The molecule has 0 radical (unpaired) electrons. The number of anilines is 1. The molecule has 0 spiro atoms. The molecule has 4 rings (SSSR count). The summed E-state index contributed by atoms with van der Waals surface area (Å²) >= 11 is 1.61. The summed E-state index contributed by atoms with van der Waals surface area (Å²) in [6, 6.07) is 8.19. The fourth-order valence-corrected chi connectivity index (χ4v) is 3.51. The number of carbonyl (C=O) groups excluding carboxylic acids is 1. The highest BCUT2D eigenvalue weighted by atomic mass is 32.1. The van der Waals surface area contributed by atoms with Crippen molar-refractivity contribution in [2.24, 2.45) is 0 Å². The van der Waals surface area contributed by atoms with Crippen LogP contribution < -0.4 is 5.32 Å². The van der Waals surface area contributed by atoms with E-state index in [0.29, 0.717) is 17.9 Å². The number of carbonyl (C=O) groups is 1. The fourth-order valence-electron chi connectivity index (χ4n) is 2.79. The number of nitrogens with zero attached hydrogens (tertiary/aromatic N) is 2. The van der Waals surface area contributed by atoms with Gasteiger partial charge in [-0.15, -0.1) is 0 Å². The van der Waals surface area contributed by atoms with Crippen LogP contribution in [0, 0.1) is 5.82 Å². The van der Waals surface area contributed by atoms with E-state index in [1.165, 1.54) is 12.1 Å². The topological polar surface area (TPSA) is 46.9 Å². The van der Waals surface area contributed by atoms with E-state index in [1.807, 2.05) is 16.8 Å². The summed E-state index contributed by atoms with van der Waals surface area (Å²) in [5, 5.41) is 11.2. The second kappa shape index (κ2) is 5.06. The number of hydrogen-bond acceptors (Lipinski definition) is 3. The molecular formula is C16H12FN3OS. The molecule has 110 valence electrons. The first-order chi connectivity index (χ1) is 10.7. The van der Waals surface area contributed by atoms with Crippen LogP contribution in [0.3, 0.4) is 0 Å². The first-order valence-electron chi connectivity index (χ1n) is 6.88. The van der Waals surface area contributed by atoms with Gasteiger partial charge in [0.1, 0.15) is 11.6 Å². The molecule has 4 nitrogen and oxygen atoms in total. The molecule has 2 aromatic heterocycles. The Morgan fingerprint density at radius 3 is 3.05 bits per heavy atom. The number of hydrogen-bond donors (Lipinski definition) is 1. The van der Waals surface area contributed by atoms with Crippen molar-refractivity contribution in [3.63, 3.8) is 0 Å². The maximum atomic E-state index is 13.4. The number of rotatable bonds is 2. The summed E-state index contributed by atoms with van der Waals surface area (Å²) in [5.74, 6) is 0.232. The van der Waals surface area contributed by atoms with E-state index in [2.05, 4.69) is 10.4 Å². The number of aromatic nitrogens is 2. The van der Waals surface area contributed by atoms with Crippen molar-refractivity contribution in [3.8, 4) is 5.69 Å². The van der Waals surface area contributed by atoms with Gasteiger partial charge in [0, 0.05) is 17.9 Å². The number of nitrogens with one attached hydrogen (secondary N) is 1. The van der Waals surface area contributed by atoms with E-state index in [1.54, 1.807) is 34.3 Å². The molecule has 22 heavy (non-hydrogen) atoms. The summed E-state index contributed by atoms with van der Waals surface area (Å²) in [4.78, 5) is 12.1. The smallest absolute Gasteiger partial charge is 0.226 e. The number of amides is 1. The molecule has 1 amide bonds. The third-order valence-electron chi connectivity index (χ3n) is 3.82. The largest absolute Gasteiger partial charge is 0.310 e. The van der Waals surface area contributed by atoms with Crippen LogP contribution in [-0.2, 0) is 4.79 Å². The van der Waals surface area contributed by atoms with Crippen LogP contribution in [0.15, 0.2) is 47.3 Å². The lowest BCUT2D eigenvalue weighted by Gasteiger charge is -2.22. The zero-order valence-electron chi connectivity index (χ0n) is 11.5. The molecule has 1 atom stereocenters. The molecule has 1 aliphatic heterocycles. The van der Waals surface area contributed by atoms with Crippen molar-refractivity contribution in [3.05, 3.63) is 64.2 Å². The van der Waals surface area contributed by atoms with Gasteiger partial charge >= 0.3 is 0 Å². The average molecular weight is 313 g/mol. The normalized spacial score (nSPS) is 17.1. The first kappa shape index (κ1) is 13.2. The van der Waals surface area contributed by atoms with Gasteiger partial charge in [-0.2, -0.15) is 16.4 Å². The van der Waals surface area contributed by atoms with E-state index in [0.717, 1.165) is 11.1 Å². The second-order valence-corrected chi connectivity index (χ2v) is 5.98. The summed E-state index contributed by atoms with van der Waals surface area (Å²) in [6.45, 7) is 0. The minimum Gasteiger partial charge on any atom is -0.310 e. The Labute approximate surface area is 130 Å². The van der Waals surface area contributed by atoms with Gasteiger partial charge in [0.2, 0.25) is 5.91 Å². The minimum absolute atomic E-state index is 0.00249. The van der Waals surface area contributed by atoms with Crippen molar-refractivity contribution < 1.29 is 9.18 Å². The molecule has 1 aromatic carbocycles. The van der Waals surface area contributed by atoms with Gasteiger partial charge in [0.05, 0.1) is 11.9 Å². The van der Waals surface area contributed by atoms with Crippen molar-refractivity contribution >= 4 is 23.1 Å². The summed E-state index contributed by atoms with van der Waals surface area (Å²) in [6.07, 6.45) is 2.15. The molecule has 0 saturated carbocycles. The number of fused-ring (bicyclic) bond motifs is 1. The van der Waals surface area contributed by atoms with E-state index in [4.69, 9.17) is 0 Å². The Kier molecular flexibility index (Phi) is 3.04. The molecular weight excluding hydrogens is 301 g/mol. The summed E-state index contributed by atoms with van der Waals surface area (Å²) in [7, 11) is 0. The molecule has 0 saturated heterocycles. The van der Waals surface area contributed by atoms with Crippen molar-refractivity contribution in [1.29, 1.82) is 0 Å². The average Bonchev–Trinajstić information content (AvgIpc) is 3.16. The van der Waals surface area contributed by atoms with Crippen molar-refractivity contribution in [2.75, 3.05) is 5.32 Å². The quantitative estimate of drug-likeness (QED) is 0.786. The van der Waals surface area contributed by atoms with E-state index in [-0.39, 0.29) is 17.6 Å². The standard InChI is InChI=1S/C16H12FN3OS/c17-11-2-1-3-12(6-11)20-16-14(8-18-20)13(7-15(21)19-16)10-4-5-22-9-10/h1-6,8-9,13H,7H2,(H,19,21). The van der Waals surface area contributed by atoms with Gasteiger partial charge in [-0.1, -0.05) is 6.07 Å². The Hall–Kier alpha value is -2.47. The summed E-state index contributed by atoms with van der Waals surface area (Å²) in [5.41, 5.74) is 2.66. The highest BCUT2D eigenvalue weighted by Gasteiger charge is 2.30. The minimum atomic E-state index is -0.335. The highest BCUT2D eigenvalue weighted by Crippen LogP contribution is 2.38. The van der Waals surface area contributed by atoms with E-state index in [9.17, 15) is 9.18 Å². The molecule has 1 N–H and O–H groups in total. The number of benzene rings is 1. The van der Waals surface area contributed by atoms with Gasteiger partial charge in [0.25, 0.3) is 0 Å². The Balaban J connectivity index is 1.84. The maximum absolute atomic E-state index is 13.4. The lowest BCUT2D eigenvalue weighted by atomic mass is 9.89. The van der Waals surface area contributed by atoms with Gasteiger partial charge in [-0.05, 0) is 40.6 Å². The van der Waals surface area contributed by atoms with Gasteiger partial charge < -0.3 is 5.32 Å². The number of thiophene rings is 1. The zero-order chi connectivity index (χ0) is 15.1. The zero-order valence-corrected chi connectivity index (χ0v) is 12.3. The predicted molar refractivity (Wildman–Crippen MR) is 82.9 cm³/mol. The third-order valence-corrected chi connectivity index (χ3v) is 4.52. The van der Waals surface area contributed by atoms with Crippen LogP contribution in [0.1, 0.15) is 23.5 Å². The van der Waals surface area contributed by atoms with E-state index < -0.39 is 0 Å². The monoisotopic (exact) mass is 313 g/mol. The van der Waals surface area contributed by atoms with Crippen LogP contribution in [0.4, 0.5) is 10.2 Å². The van der Waals surface area contributed by atoms with Gasteiger partial charge in [-0.3, -0.25) is 4.79 Å². The SMILES string of the molecule is O=C1CC(c2ccsc2)c2cnn(-c3cccc(F)c3)c2N1. The molecule has 0 aliphatic carbocycles. The fraction of sp³-hybridized carbons (Fsp3) is 0.125. The van der Waals surface area contributed by atoms with Crippen LogP contribution in [0.5, 0.6) is 0 Å². The predicted octanol–water partition coefficient (Wildman–Crippen LogP) is 3.55. The Bertz CT molecular complexity index is 841. The maximum Gasteiger partial charge on any atom is 0.226 e. The second-order valence-electron chi connectivity index (χ2n) is 5.20. The van der Waals surface area contributed by atoms with Crippen LogP contribution in [-0.4, -0.2) is 15.7 Å². The molecule has 3 aromatic rings. The van der Waals surface area contributed by atoms with Crippen LogP contribution in [0.2, 0.25) is 0 Å². The molecule has 0 bridgehead atoms. The molecule has 1 unspecified atom stereocenters. The molecule has 3 heterocycles. The first-order valence-corrected chi connectivity index (χ1v) is 7.82. The third kappa shape index (κ3) is 2.12. The Morgan fingerprint density at radius 2 is 2.27 bits per heavy atom. The van der Waals surface area contributed by atoms with Crippen molar-refractivity contribution in [1.82, 2.24) is 9.78 Å². The highest BCUT2D eigenvalue weighted by molar-refractivity contribution is 7.08. The van der Waals surface area contributed by atoms with Crippen LogP contribution in [0.25, 0.3) is 5.69 Å². The molecule has 6 heteroatoms. The lowest BCUT2D eigenvalue weighted by Crippen LogP contribution is -2.24.